The van der Waals surface area contributed by atoms with Gasteiger partial charge in [-0.2, -0.15) is 0 Å². The maximum atomic E-state index is 12.5. The first-order valence-corrected chi connectivity index (χ1v) is 8.53. The molecular formula is C20H18N3O6-. The Hall–Kier alpha value is -4.01. The van der Waals surface area contributed by atoms with Crippen LogP contribution in [0.15, 0.2) is 54.2 Å². The number of rotatable bonds is 7. The highest BCUT2D eigenvalue weighted by atomic mass is 16.6. The van der Waals surface area contributed by atoms with Crippen LogP contribution in [0.25, 0.3) is 6.08 Å². The molecule has 9 nitrogen and oxygen atoms in total. The molecule has 150 valence electrons. The molecule has 0 aliphatic rings. The van der Waals surface area contributed by atoms with E-state index in [-0.39, 0.29) is 22.5 Å². The largest absolute Gasteiger partial charge is 0.548 e. The number of hydrogen-bond donors (Lipinski definition) is 2. The van der Waals surface area contributed by atoms with E-state index in [4.69, 9.17) is 0 Å². The fraction of sp³-hybridized carbons (Fsp3) is 0.150. The fourth-order valence-electron chi connectivity index (χ4n) is 2.29. The van der Waals surface area contributed by atoms with Gasteiger partial charge < -0.3 is 20.5 Å². The number of carboxylic acid groups (broad SMARTS) is 1. The summed E-state index contributed by atoms with van der Waals surface area (Å²) >= 11 is 0. The molecule has 2 N–H and O–H groups in total. The van der Waals surface area contributed by atoms with Crippen molar-refractivity contribution in [1.29, 1.82) is 0 Å². The Morgan fingerprint density at radius 1 is 1.10 bits per heavy atom. The van der Waals surface area contributed by atoms with Crippen molar-refractivity contribution < 1.29 is 24.4 Å². The minimum atomic E-state index is -1.50. The lowest BCUT2D eigenvalue weighted by Crippen LogP contribution is -2.48. The molecule has 0 aromatic heterocycles. The van der Waals surface area contributed by atoms with Crippen LogP contribution in [-0.2, 0) is 9.59 Å². The van der Waals surface area contributed by atoms with Gasteiger partial charge in [-0.3, -0.25) is 19.7 Å². The average Bonchev–Trinajstić information content (AvgIpc) is 2.67. The van der Waals surface area contributed by atoms with Gasteiger partial charge in [-0.25, -0.2) is 0 Å². The number of nitro groups is 1. The van der Waals surface area contributed by atoms with Gasteiger partial charge in [0.25, 0.3) is 17.5 Å². The molecule has 0 saturated carbocycles. The highest BCUT2D eigenvalue weighted by Gasteiger charge is 2.17. The summed E-state index contributed by atoms with van der Waals surface area (Å²) in [6.45, 7) is 3.06. The van der Waals surface area contributed by atoms with Gasteiger partial charge >= 0.3 is 0 Å². The Bertz CT molecular complexity index is 982. The molecule has 0 bridgehead atoms. The SMILES string of the molecule is Cc1ccc(C(=O)N/C(=C/c2cccc([N+](=O)[O-])c2)C(=O)N[C@@H](C)C(=O)[O-])cc1. The van der Waals surface area contributed by atoms with E-state index >= 15 is 0 Å². The van der Waals surface area contributed by atoms with Crippen LogP contribution < -0.4 is 15.7 Å². The van der Waals surface area contributed by atoms with Crippen molar-refractivity contribution in [2.45, 2.75) is 19.9 Å². The molecule has 2 aromatic rings. The van der Waals surface area contributed by atoms with Crippen molar-refractivity contribution in [3.63, 3.8) is 0 Å². The maximum Gasteiger partial charge on any atom is 0.270 e. The zero-order valence-corrected chi connectivity index (χ0v) is 15.7. The summed E-state index contributed by atoms with van der Waals surface area (Å²) in [5, 5.41) is 26.5. The van der Waals surface area contributed by atoms with Crippen LogP contribution in [-0.4, -0.2) is 28.7 Å². The topological polar surface area (TPSA) is 141 Å². The summed E-state index contributed by atoms with van der Waals surface area (Å²) in [4.78, 5) is 46.2. The molecule has 0 radical (unpaired) electrons. The van der Waals surface area contributed by atoms with Crippen LogP contribution >= 0.6 is 0 Å². The van der Waals surface area contributed by atoms with Crippen molar-refractivity contribution in [3.05, 3.63) is 81.0 Å². The Balaban J connectivity index is 2.36. The molecule has 2 rings (SSSR count). The van der Waals surface area contributed by atoms with Gasteiger partial charge in [-0.1, -0.05) is 29.8 Å². The smallest absolute Gasteiger partial charge is 0.270 e. The highest BCUT2D eigenvalue weighted by molar-refractivity contribution is 6.06. The minimum absolute atomic E-state index is 0.202. The summed E-state index contributed by atoms with van der Waals surface area (Å²) in [5.41, 5.74) is 1.01. The highest BCUT2D eigenvalue weighted by Crippen LogP contribution is 2.16. The first kappa shape index (κ1) is 21.3. The number of nitro benzene ring substituents is 1. The molecule has 0 aliphatic carbocycles. The molecule has 2 aromatic carbocycles. The Morgan fingerprint density at radius 3 is 2.34 bits per heavy atom. The lowest BCUT2D eigenvalue weighted by molar-refractivity contribution is -0.384. The van der Waals surface area contributed by atoms with Crippen LogP contribution in [0.5, 0.6) is 0 Å². The number of nitrogens with one attached hydrogen (secondary N) is 2. The zero-order valence-electron chi connectivity index (χ0n) is 15.7. The molecule has 9 heteroatoms. The van der Waals surface area contributed by atoms with Crippen LogP contribution in [0.4, 0.5) is 5.69 Å². The Kier molecular flexibility index (Phi) is 6.80. The molecule has 2 amide bonds. The van der Waals surface area contributed by atoms with Crippen molar-refractivity contribution >= 4 is 29.5 Å². The van der Waals surface area contributed by atoms with Crippen LogP contribution in [0, 0.1) is 17.0 Å². The molecule has 0 spiro atoms. The number of carbonyl (C=O) groups is 3. The van der Waals surface area contributed by atoms with E-state index in [1.54, 1.807) is 24.3 Å². The maximum absolute atomic E-state index is 12.5. The standard InChI is InChI=1S/C20H19N3O6/c1-12-6-8-15(9-7-12)18(24)22-17(19(25)21-13(2)20(26)27)11-14-4-3-5-16(10-14)23(28)29/h3-11,13H,1-2H3,(H,21,25)(H,22,24)(H,26,27)/p-1/b17-11+/t13-/m0/s1. The number of non-ortho nitro benzene ring substituents is 1. The predicted octanol–water partition coefficient (Wildman–Crippen LogP) is 0.929. The van der Waals surface area contributed by atoms with E-state index in [1.807, 2.05) is 6.92 Å². The number of carboxylic acids is 1. The second-order valence-corrected chi connectivity index (χ2v) is 6.24. The number of amides is 2. The predicted molar refractivity (Wildman–Crippen MR) is 102 cm³/mol. The molecule has 0 unspecified atom stereocenters. The summed E-state index contributed by atoms with van der Waals surface area (Å²) in [6.07, 6.45) is 1.22. The molecule has 0 aliphatic heterocycles. The number of aryl methyl sites for hydroxylation is 1. The lowest BCUT2D eigenvalue weighted by atomic mass is 10.1. The Morgan fingerprint density at radius 2 is 1.76 bits per heavy atom. The third kappa shape index (κ3) is 5.99. The number of benzene rings is 2. The lowest BCUT2D eigenvalue weighted by Gasteiger charge is -2.17. The summed E-state index contributed by atoms with van der Waals surface area (Å²) < 4.78 is 0. The van der Waals surface area contributed by atoms with E-state index in [9.17, 15) is 29.6 Å². The Labute approximate surface area is 166 Å². The van der Waals surface area contributed by atoms with Gasteiger partial charge in [0.1, 0.15) is 5.70 Å². The first-order valence-electron chi connectivity index (χ1n) is 8.53. The van der Waals surface area contributed by atoms with Crippen LogP contribution in [0.3, 0.4) is 0 Å². The quantitative estimate of drug-likeness (QED) is 0.405. The van der Waals surface area contributed by atoms with Gasteiger partial charge in [0.05, 0.1) is 16.9 Å². The van der Waals surface area contributed by atoms with Gasteiger partial charge in [0, 0.05) is 17.7 Å². The third-order valence-corrected chi connectivity index (χ3v) is 3.90. The van der Waals surface area contributed by atoms with Crippen molar-refractivity contribution in [2.75, 3.05) is 0 Å². The van der Waals surface area contributed by atoms with Crippen LogP contribution in [0.1, 0.15) is 28.4 Å². The normalized spacial score (nSPS) is 12.0. The molecular weight excluding hydrogens is 378 g/mol. The van der Waals surface area contributed by atoms with Crippen molar-refractivity contribution in [1.82, 2.24) is 10.6 Å². The summed E-state index contributed by atoms with van der Waals surface area (Å²) in [6, 6.07) is 10.7. The van der Waals surface area contributed by atoms with E-state index in [0.717, 1.165) is 5.56 Å². The summed E-state index contributed by atoms with van der Waals surface area (Å²) in [5.74, 6) is -2.98. The third-order valence-electron chi connectivity index (χ3n) is 3.90. The number of hydrogen-bond acceptors (Lipinski definition) is 6. The van der Waals surface area contributed by atoms with Gasteiger partial charge in [0.2, 0.25) is 0 Å². The molecule has 0 heterocycles. The molecule has 0 saturated heterocycles. The summed E-state index contributed by atoms with van der Waals surface area (Å²) in [7, 11) is 0. The van der Waals surface area contributed by atoms with E-state index in [2.05, 4.69) is 10.6 Å². The average molecular weight is 396 g/mol. The second kappa shape index (κ2) is 9.27. The monoisotopic (exact) mass is 396 g/mol. The molecule has 1 atom stereocenters. The van der Waals surface area contributed by atoms with E-state index in [0.29, 0.717) is 0 Å². The minimum Gasteiger partial charge on any atom is -0.548 e. The van der Waals surface area contributed by atoms with Gasteiger partial charge in [0.15, 0.2) is 0 Å². The molecule has 29 heavy (non-hydrogen) atoms. The van der Waals surface area contributed by atoms with Crippen LogP contribution in [0.2, 0.25) is 0 Å². The second-order valence-electron chi connectivity index (χ2n) is 6.24. The first-order chi connectivity index (χ1) is 13.7. The van der Waals surface area contributed by atoms with Crippen molar-refractivity contribution in [3.8, 4) is 0 Å². The number of carbonyl (C=O) groups excluding carboxylic acids is 3. The van der Waals surface area contributed by atoms with E-state index < -0.39 is 28.7 Å². The zero-order chi connectivity index (χ0) is 21.6. The fourth-order valence-corrected chi connectivity index (χ4v) is 2.29. The van der Waals surface area contributed by atoms with Gasteiger partial charge in [-0.15, -0.1) is 0 Å². The van der Waals surface area contributed by atoms with Gasteiger partial charge in [-0.05, 0) is 37.6 Å². The number of aliphatic carboxylic acids is 1. The van der Waals surface area contributed by atoms with E-state index in [1.165, 1.54) is 37.3 Å². The number of nitrogens with zero attached hydrogens (tertiary/aromatic N) is 1. The molecule has 0 fully saturated rings. The van der Waals surface area contributed by atoms with Crippen molar-refractivity contribution in [2.24, 2.45) is 0 Å².